The molecule has 0 amide bonds. The van der Waals surface area contributed by atoms with Crippen molar-refractivity contribution in [2.75, 3.05) is 7.05 Å². The van der Waals surface area contributed by atoms with Crippen LogP contribution in [0.25, 0.3) is 0 Å². The van der Waals surface area contributed by atoms with Gasteiger partial charge in [0.2, 0.25) is 0 Å². The number of hydrogen-bond acceptors (Lipinski definition) is 1. The quantitative estimate of drug-likeness (QED) is 0.816. The third-order valence-corrected chi connectivity index (χ3v) is 3.41. The molecule has 0 heterocycles. The number of halogens is 3. The second-order valence-corrected chi connectivity index (χ2v) is 5.23. The van der Waals surface area contributed by atoms with Crippen LogP contribution in [-0.2, 0) is 12.6 Å². The van der Waals surface area contributed by atoms with E-state index in [9.17, 15) is 13.2 Å². The first-order valence-corrected chi connectivity index (χ1v) is 6.68. The monoisotopic (exact) mass is 273 g/mol. The van der Waals surface area contributed by atoms with Crippen molar-refractivity contribution in [1.29, 1.82) is 0 Å². The van der Waals surface area contributed by atoms with Crippen molar-refractivity contribution in [3.8, 4) is 0 Å². The summed E-state index contributed by atoms with van der Waals surface area (Å²) in [5.74, 6) is 0.534. The van der Waals surface area contributed by atoms with E-state index in [2.05, 4.69) is 19.2 Å². The number of hydrogen-bond donors (Lipinski definition) is 1. The second kappa shape index (κ2) is 6.94. The summed E-state index contributed by atoms with van der Waals surface area (Å²) in [7, 11) is 1.93. The van der Waals surface area contributed by atoms with Gasteiger partial charge in [0, 0.05) is 6.04 Å². The highest BCUT2D eigenvalue weighted by Gasteiger charge is 2.30. The van der Waals surface area contributed by atoms with Crippen molar-refractivity contribution >= 4 is 0 Å². The molecule has 1 nitrogen and oxygen atoms in total. The van der Waals surface area contributed by atoms with Gasteiger partial charge in [0.1, 0.15) is 0 Å². The molecule has 0 aromatic heterocycles. The van der Waals surface area contributed by atoms with E-state index in [1.807, 2.05) is 7.05 Å². The molecular weight excluding hydrogens is 251 g/mol. The molecule has 0 spiro atoms. The fourth-order valence-corrected chi connectivity index (χ4v) is 2.24. The van der Waals surface area contributed by atoms with Gasteiger partial charge in [-0.15, -0.1) is 0 Å². The van der Waals surface area contributed by atoms with Gasteiger partial charge in [-0.05, 0) is 43.9 Å². The van der Waals surface area contributed by atoms with Crippen LogP contribution in [0.1, 0.15) is 37.8 Å². The lowest BCUT2D eigenvalue weighted by Gasteiger charge is -2.20. The Balaban J connectivity index is 2.54. The highest BCUT2D eigenvalue weighted by atomic mass is 19.4. The van der Waals surface area contributed by atoms with Gasteiger partial charge in [0.05, 0.1) is 5.56 Å². The number of rotatable bonds is 6. The largest absolute Gasteiger partial charge is 0.416 e. The molecule has 1 N–H and O–H groups in total. The number of alkyl halides is 3. The van der Waals surface area contributed by atoms with Crippen LogP contribution in [0.5, 0.6) is 0 Å². The Bertz CT molecular complexity index is 385. The lowest BCUT2D eigenvalue weighted by atomic mass is 9.96. The van der Waals surface area contributed by atoms with E-state index in [1.54, 1.807) is 6.07 Å². The van der Waals surface area contributed by atoms with Crippen LogP contribution in [0.4, 0.5) is 13.2 Å². The molecule has 108 valence electrons. The van der Waals surface area contributed by atoms with E-state index in [4.69, 9.17) is 0 Å². The molecule has 0 bridgehead atoms. The maximum Gasteiger partial charge on any atom is 0.416 e. The molecule has 0 radical (unpaired) electrons. The summed E-state index contributed by atoms with van der Waals surface area (Å²) in [5.41, 5.74) is 0.201. The Labute approximate surface area is 113 Å². The highest BCUT2D eigenvalue weighted by molar-refractivity contribution is 5.25. The van der Waals surface area contributed by atoms with Crippen molar-refractivity contribution in [3.63, 3.8) is 0 Å². The predicted molar refractivity (Wildman–Crippen MR) is 72.1 cm³/mol. The van der Waals surface area contributed by atoms with Crippen LogP contribution in [0.2, 0.25) is 0 Å². The van der Waals surface area contributed by atoms with Gasteiger partial charge in [-0.2, -0.15) is 13.2 Å². The Hall–Kier alpha value is -1.03. The molecule has 1 rings (SSSR count). The normalized spacial score (nSPS) is 13.8. The summed E-state index contributed by atoms with van der Waals surface area (Å²) < 4.78 is 37.7. The number of benzene rings is 1. The van der Waals surface area contributed by atoms with Gasteiger partial charge in [-0.3, -0.25) is 0 Å². The van der Waals surface area contributed by atoms with Crippen molar-refractivity contribution < 1.29 is 13.2 Å². The third kappa shape index (κ3) is 5.23. The molecule has 0 saturated carbocycles. The minimum Gasteiger partial charge on any atom is -0.317 e. The van der Waals surface area contributed by atoms with Crippen molar-refractivity contribution in [3.05, 3.63) is 35.4 Å². The minimum atomic E-state index is -4.25. The summed E-state index contributed by atoms with van der Waals surface area (Å²) in [6.07, 6.45) is -1.69. The zero-order valence-electron chi connectivity index (χ0n) is 11.7. The number of aryl methyl sites for hydroxylation is 1. The van der Waals surface area contributed by atoms with Crippen LogP contribution < -0.4 is 5.32 Å². The average molecular weight is 273 g/mol. The Morgan fingerprint density at radius 2 is 1.89 bits per heavy atom. The minimum absolute atomic E-state index is 0.422. The van der Waals surface area contributed by atoms with Crippen LogP contribution >= 0.6 is 0 Å². The smallest absolute Gasteiger partial charge is 0.317 e. The first kappa shape index (κ1) is 16.0. The molecule has 0 saturated heterocycles. The van der Waals surface area contributed by atoms with Gasteiger partial charge in [-0.25, -0.2) is 0 Å². The average Bonchev–Trinajstić information content (AvgIpc) is 2.33. The molecule has 1 atom stereocenters. The predicted octanol–water partition coefficient (Wildman–Crippen LogP) is 4.27. The Kier molecular flexibility index (Phi) is 5.85. The van der Waals surface area contributed by atoms with E-state index in [0.29, 0.717) is 18.4 Å². The highest BCUT2D eigenvalue weighted by Crippen LogP contribution is 2.29. The first-order valence-electron chi connectivity index (χ1n) is 6.68. The summed E-state index contributed by atoms with van der Waals surface area (Å²) >= 11 is 0. The fourth-order valence-electron chi connectivity index (χ4n) is 2.24. The molecule has 0 aliphatic carbocycles. The summed E-state index contributed by atoms with van der Waals surface area (Å²) in [6, 6.07) is 6.04. The Morgan fingerprint density at radius 3 is 2.42 bits per heavy atom. The topological polar surface area (TPSA) is 12.0 Å². The molecule has 0 aliphatic rings. The maximum absolute atomic E-state index is 12.6. The van der Waals surface area contributed by atoms with Crippen molar-refractivity contribution in [2.24, 2.45) is 5.92 Å². The molecule has 0 fully saturated rings. The van der Waals surface area contributed by atoms with Crippen molar-refractivity contribution in [1.82, 2.24) is 5.32 Å². The van der Waals surface area contributed by atoms with Crippen LogP contribution in [0.3, 0.4) is 0 Å². The second-order valence-electron chi connectivity index (χ2n) is 5.23. The van der Waals surface area contributed by atoms with E-state index in [0.717, 1.165) is 24.5 Å². The summed E-state index contributed by atoms with van der Waals surface area (Å²) in [5, 5.41) is 3.24. The summed E-state index contributed by atoms with van der Waals surface area (Å²) in [6.45, 7) is 4.29. The zero-order chi connectivity index (χ0) is 14.5. The van der Waals surface area contributed by atoms with Gasteiger partial charge in [0.25, 0.3) is 0 Å². The van der Waals surface area contributed by atoms with E-state index in [-0.39, 0.29) is 0 Å². The first-order chi connectivity index (χ1) is 8.84. The maximum atomic E-state index is 12.6. The lowest BCUT2D eigenvalue weighted by Crippen LogP contribution is -2.30. The van der Waals surface area contributed by atoms with E-state index < -0.39 is 11.7 Å². The van der Waals surface area contributed by atoms with E-state index in [1.165, 1.54) is 12.1 Å². The van der Waals surface area contributed by atoms with Crippen LogP contribution in [0.15, 0.2) is 24.3 Å². The molecule has 0 aliphatic heterocycles. The molecule has 19 heavy (non-hydrogen) atoms. The van der Waals surface area contributed by atoms with Crippen LogP contribution in [0, 0.1) is 5.92 Å². The fraction of sp³-hybridized carbons (Fsp3) is 0.600. The zero-order valence-corrected chi connectivity index (χ0v) is 11.7. The van der Waals surface area contributed by atoms with Gasteiger partial charge in [0.15, 0.2) is 0 Å². The SMILES string of the molecule is CNC(CCCc1cccc(C(F)(F)F)c1)C(C)C. The van der Waals surface area contributed by atoms with Gasteiger partial charge >= 0.3 is 6.18 Å². The number of nitrogens with one attached hydrogen (secondary N) is 1. The lowest BCUT2D eigenvalue weighted by molar-refractivity contribution is -0.137. The molecular formula is C15H22F3N. The van der Waals surface area contributed by atoms with E-state index >= 15 is 0 Å². The van der Waals surface area contributed by atoms with Crippen molar-refractivity contribution in [2.45, 2.75) is 45.3 Å². The molecule has 1 aromatic rings. The van der Waals surface area contributed by atoms with Gasteiger partial charge < -0.3 is 5.32 Å². The third-order valence-electron chi connectivity index (χ3n) is 3.41. The standard InChI is InChI=1S/C15H22F3N/c1-11(2)14(19-3)9-5-7-12-6-4-8-13(10-12)15(16,17)18/h4,6,8,10-11,14,19H,5,7,9H2,1-3H3. The summed E-state index contributed by atoms with van der Waals surface area (Å²) in [4.78, 5) is 0. The Morgan fingerprint density at radius 1 is 1.21 bits per heavy atom. The molecule has 1 aromatic carbocycles. The van der Waals surface area contributed by atoms with Crippen LogP contribution in [-0.4, -0.2) is 13.1 Å². The van der Waals surface area contributed by atoms with Gasteiger partial charge in [-0.1, -0.05) is 32.0 Å². The molecule has 1 unspecified atom stereocenters. The molecule has 4 heteroatoms.